The molecule has 1 saturated heterocycles. The lowest BCUT2D eigenvalue weighted by Gasteiger charge is -2.40. The molecular formula is C26H29FN2O3S. The minimum atomic E-state index is -0.985. The molecule has 0 bridgehead atoms. The van der Waals surface area contributed by atoms with Gasteiger partial charge in [-0.25, -0.2) is 4.39 Å². The highest BCUT2D eigenvalue weighted by atomic mass is 32.1. The van der Waals surface area contributed by atoms with Crippen molar-refractivity contribution in [2.75, 3.05) is 33.4 Å². The summed E-state index contributed by atoms with van der Waals surface area (Å²) >= 11 is 1.64. The topological polar surface area (TPSA) is 65.8 Å². The third-order valence-corrected chi connectivity index (χ3v) is 7.42. The van der Waals surface area contributed by atoms with Crippen LogP contribution in [0.25, 0.3) is 10.9 Å². The van der Waals surface area contributed by atoms with Gasteiger partial charge in [0.15, 0.2) is 0 Å². The Morgan fingerprint density at radius 3 is 2.82 bits per heavy atom. The molecule has 0 radical (unpaired) electrons. The molecule has 2 N–H and O–H groups in total. The molecule has 174 valence electrons. The van der Waals surface area contributed by atoms with Crippen molar-refractivity contribution in [3.8, 4) is 17.6 Å². The monoisotopic (exact) mass is 468 g/mol. The van der Waals surface area contributed by atoms with Gasteiger partial charge in [-0.2, -0.15) is 0 Å². The Bertz CT molecular complexity index is 1130. The van der Waals surface area contributed by atoms with Crippen molar-refractivity contribution in [3.05, 3.63) is 58.2 Å². The van der Waals surface area contributed by atoms with E-state index in [0.29, 0.717) is 36.0 Å². The Labute approximate surface area is 197 Å². The van der Waals surface area contributed by atoms with Crippen LogP contribution in [-0.4, -0.2) is 53.4 Å². The van der Waals surface area contributed by atoms with Crippen LogP contribution in [0, 0.1) is 23.1 Å². The molecule has 3 heterocycles. The summed E-state index contributed by atoms with van der Waals surface area (Å²) in [7, 11) is 1.55. The summed E-state index contributed by atoms with van der Waals surface area (Å²) in [6.07, 6.45) is 2.80. The SMILES string of the molecule is COc1ccc2ncc(F)c([C@H](O)CCC3(CO)CCN(CC#Cc4cccs4)CC3)c2c1. The van der Waals surface area contributed by atoms with Crippen LogP contribution in [0.5, 0.6) is 5.75 Å². The van der Waals surface area contributed by atoms with E-state index in [-0.39, 0.29) is 17.6 Å². The number of aromatic nitrogens is 1. The molecular weight excluding hydrogens is 439 g/mol. The summed E-state index contributed by atoms with van der Waals surface area (Å²) in [6, 6.07) is 9.25. The fourth-order valence-electron chi connectivity index (χ4n) is 4.48. The number of aliphatic hydroxyl groups excluding tert-OH is 2. The number of aliphatic hydroxyl groups is 2. The zero-order valence-electron chi connectivity index (χ0n) is 18.8. The van der Waals surface area contributed by atoms with Gasteiger partial charge in [0.05, 0.1) is 36.3 Å². The van der Waals surface area contributed by atoms with E-state index in [1.165, 1.54) is 0 Å². The number of ether oxygens (including phenoxy) is 1. The van der Waals surface area contributed by atoms with Crippen LogP contribution in [0.4, 0.5) is 4.39 Å². The maximum absolute atomic E-state index is 14.7. The number of likely N-dealkylation sites (tertiary alicyclic amines) is 1. The number of thiophene rings is 1. The standard InChI is InChI=1S/C26H29FN2O3S/c1-32-19-6-7-23-21(16-19)25(22(27)17-28-23)24(31)8-9-26(18-30)10-13-29(14-11-26)12-2-4-20-5-3-15-33-20/h3,5-7,15-17,24,30-31H,8-14,18H2,1H3/t24-/m1/s1. The Kier molecular flexibility index (Phi) is 7.61. The second-order valence-electron chi connectivity index (χ2n) is 8.67. The van der Waals surface area contributed by atoms with Crippen LogP contribution in [0.15, 0.2) is 41.9 Å². The molecule has 1 aliphatic rings. The first kappa shape index (κ1) is 23.7. The van der Waals surface area contributed by atoms with Gasteiger partial charge in [0.1, 0.15) is 11.6 Å². The number of nitrogens with zero attached hydrogens (tertiary/aromatic N) is 2. The van der Waals surface area contributed by atoms with Crippen molar-refractivity contribution in [3.63, 3.8) is 0 Å². The first-order valence-corrected chi connectivity index (χ1v) is 12.1. The lowest BCUT2D eigenvalue weighted by Crippen LogP contribution is -2.42. The van der Waals surface area contributed by atoms with Crippen LogP contribution >= 0.6 is 11.3 Å². The van der Waals surface area contributed by atoms with Crippen LogP contribution in [0.2, 0.25) is 0 Å². The first-order chi connectivity index (χ1) is 16.0. The van der Waals surface area contributed by atoms with Gasteiger partial charge in [-0.15, -0.1) is 11.3 Å². The molecule has 1 fully saturated rings. The van der Waals surface area contributed by atoms with E-state index in [4.69, 9.17) is 4.74 Å². The number of pyridine rings is 1. The van der Waals surface area contributed by atoms with E-state index in [1.807, 2.05) is 17.5 Å². The molecule has 5 nitrogen and oxygen atoms in total. The average molecular weight is 469 g/mol. The molecule has 1 atom stereocenters. The number of hydrogen-bond acceptors (Lipinski definition) is 6. The molecule has 0 amide bonds. The highest BCUT2D eigenvalue weighted by Crippen LogP contribution is 2.39. The van der Waals surface area contributed by atoms with Gasteiger partial charge in [0, 0.05) is 17.6 Å². The van der Waals surface area contributed by atoms with Crippen molar-refractivity contribution in [1.82, 2.24) is 9.88 Å². The Morgan fingerprint density at radius 2 is 2.12 bits per heavy atom. The average Bonchev–Trinajstić information content (AvgIpc) is 3.36. The third-order valence-electron chi connectivity index (χ3n) is 6.64. The Hall–Kier alpha value is -2.50. The minimum absolute atomic E-state index is 0.0574. The van der Waals surface area contributed by atoms with Crippen molar-refractivity contribution >= 4 is 22.2 Å². The van der Waals surface area contributed by atoms with Gasteiger partial charge in [-0.3, -0.25) is 9.88 Å². The molecule has 2 aromatic heterocycles. The first-order valence-electron chi connectivity index (χ1n) is 11.2. The highest BCUT2D eigenvalue weighted by molar-refractivity contribution is 7.10. The number of hydrogen-bond donors (Lipinski definition) is 2. The Balaban J connectivity index is 1.39. The largest absolute Gasteiger partial charge is 0.497 e. The van der Waals surface area contributed by atoms with Gasteiger partial charge in [0.2, 0.25) is 0 Å². The number of halogens is 1. The maximum atomic E-state index is 14.7. The number of methoxy groups -OCH3 is 1. The summed E-state index contributed by atoms with van der Waals surface area (Å²) in [6.45, 7) is 2.46. The Morgan fingerprint density at radius 1 is 1.30 bits per heavy atom. The van der Waals surface area contributed by atoms with Crippen LogP contribution in [-0.2, 0) is 0 Å². The fraction of sp³-hybridized carbons (Fsp3) is 0.423. The van der Waals surface area contributed by atoms with Crippen molar-refractivity contribution < 1.29 is 19.3 Å². The molecule has 1 aromatic carbocycles. The second kappa shape index (κ2) is 10.6. The van der Waals surface area contributed by atoms with Crippen molar-refractivity contribution in [1.29, 1.82) is 0 Å². The van der Waals surface area contributed by atoms with E-state index in [0.717, 1.165) is 37.0 Å². The summed E-state index contributed by atoms with van der Waals surface area (Å²) in [5, 5.41) is 23.7. The minimum Gasteiger partial charge on any atom is -0.497 e. The predicted octanol–water partition coefficient (Wildman–Crippen LogP) is 4.38. The molecule has 0 spiro atoms. The van der Waals surface area contributed by atoms with E-state index >= 15 is 0 Å². The van der Waals surface area contributed by atoms with Gasteiger partial charge in [-0.05, 0) is 73.8 Å². The van der Waals surface area contributed by atoms with E-state index < -0.39 is 11.9 Å². The van der Waals surface area contributed by atoms with E-state index in [1.54, 1.807) is 36.6 Å². The zero-order valence-corrected chi connectivity index (χ0v) is 19.6. The number of benzene rings is 1. The summed E-state index contributed by atoms with van der Waals surface area (Å²) in [5.41, 5.74) is 0.587. The number of fused-ring (bicyclic) bond motifs is 1. The molecule has 4 rings (SSSR count). The molecule has 7 heteroatoms. The predicted molar refractivity (Wildman–Crippen MR) is 129 cm³/mol. The van der Waals surface area contributed by atoms with Crippen molar-refractivity contribution in [2.45, 2.75) is 31.8 Å². The highest BCUT2D eigenvalue weighted by Gasteiger charge is 2.34. The van der Waals surface area contributed by atoms with Gasteiger partial charge < -0.3 is 14.9 Å². The lowest BCUT2D eigenvalue weighted by atomic mass is 9.74. The van der Waals surface area contributed by atoms with Crippen molar-refractivity contribution in [2.24, 2.45) is 5.41 Å². The van der Waals surface area contributed by atoms with Gasteiger partial charge in [-0.1, -0.05) is 17.9 Å². The second-order valence-corrected chi connectivity index (χ2v) is 9.62. The fourth-order valence-corrected chi connectivity index (χ4v) is 5.07. The van der Waals surface area contributed by atoms with Gasteiger partial charge >= 0.3 is 0 Å². The van der Waals surface area contributed by atoms with Crippen LogP contribution < -0.4 is 4.74 Å². The molecule has 0 unspecified atom stereocenters. The van der Waals surface area contributed by atoms with Gasteiger partial charge in [0.25, 0.3) is 0 Å². The van der Waals surface area contributed by atoms with Crippen LogP contribution in [0.1, 0.15) is 42.2 Å². The molecule has 0 saturated carbocycles. The third kappa shape index (κ3) is 5.53. The molecule has 33 heavy (non-hydrogen) atoms. The summed E-state index contributed by atoms with van der Waals surface area (Å²) in [4.78, 5) is 7.50. The van der Waals surface area contributed by atoms with E-state index in [2.05, 4.69) is 21.7 Å². The smallest absolute Gasteiger partial charge is 0.147 e. The number of piperidine rings is 1. The quantitative estimate of drug-likeness (QED) is 0.504. The maximum Gasteiger partial charge on any atom is 0.147 e. The van der Waals surface area contributed by atoms with E-state index in [9.17, 15) is 14.6 Å². The molecule has 3 aromatic rings. The molecule has 0 aliphatic carbocycles. The summed E-state index contributed by atoms with van der Waals surface area (Å²) < 4.78 is 20.0. The lowest BCUT2D eigenvalue weighted by molar-refractivity contribution is 0.0270. The summed E-state index contributed by atoms with van der Waals surface area (Å²) in [5.74, 6) is 6.48. The molecule has 1 aliphatic heterocycles. The number of rotatable bonds is 7. The zero-order chi connectivity index (χ0) is 23.3. The normalized spacial score (nSPS) is 16.8. The van der Waals surface area contributed by atoms with Crippen LogP contribution in [0.3, 0.4) is 0 Å².